The number of hydrogen-bond donors (Lipinski definition) is 3. The summed E-state index contributed by atoms with van der Waals surface area (Å²) >= 11 is 1.60. The molecule has 2 aromatic carbocycles. The number of carbonyl (C=O) groups excluding carboxylic acids is 2. The molecule has 0 unspecified atom stereocenters. The summed E-state index contributed by atoms with van der Waals surface area (Å²) in [7, 11) is 3.83. The number of amides is 2. The molecule has 1 aliphatic heterocycles. The number of aromatic nitrogens is 1. The fraction of sp³-hybridized carbons (Fsp3) is 0.306. The highest BCUT2D eigenvalue weighted by Gasteiger charge is 2.20. The normalized spacial score (nSPS) is 14.8. The van der Waals surface area contributed by atoms with Crippen molar-refractivity contribution in [2.45, 2.75) is 32.6 Å². The zero-order valence-electron chi connectivity index (χ0n) is 26.6. The van der Waals surface area contributed by atoms with Crippen molar-refractivity contribution in [2.24, 2.45) is 7.05 Å². The van der Waals surface area contributed by atoms with Crippen LogP contribution in [-0.2, 0) is 24.7 Å². The lowest BCUT2D eigenvalue weighted by atomic mass is 9.99. The molecule has 9 nitrogen and oxygen atoms in total. The second-order valence-corrected chi connectivity index (χ2v) is 13.2. The summed E-state index contributed by atoms with van der Waals surface area (Å²) in [5.74, 6) is -0.395. The lowest BCUT2D eigenvalue weighted by Crippen LogP contribution is -2.44. The van der Waals surface area contributed by atoms with Crippen molar-refractivity contribution in [1.29, 1.82) is 0 Å². The van der Waals surface area contributed by atoms with Crippen molar-refractivity contribution in [3.05, 3.63) is 98.6 Å². The average molecular weight is 637 g/mol. The van der Waals surface area contributed by atoms with E-state index >= 15 is 0 Å². The van der Waals surface area contributed by atoms with Crippen molar-refractivity contribution in [1.82, 2.24) is 9.47 Å². The van der Waals surface area contributed by atoms with Gasteiger partial charge in [-0.15, -0.1) is 11.3 Å². The summed E-state index contributed by atoms with van der Waals surface area (Å²) in [5.41, 5.74) is 7.14. The van der Waals surface area contributed by atoms with Gasteiger partial charge >= 0.3 is 0 Å². The molecule has 0 saturated carbocycles. The van der Waals surface area contributed by atoms with Crippen LogP contribution in [0.2, 0.25) is 0 Å². The van der Waals surface area contributed by atoms with Crippen LogP contribution in [-0.4, -0.2) is 54.5 Å². The number of piperazine rings is 1. The molecule has 1 aliphatic carbocycles. The highest BCUT2D eigenvalue weighted by atomic mass is 32.1. The molecule has 1 fully saturated rings. The number of hydrogen-bond acceptors (Lipinski definition) is 7. The highest BCUT2D eigenvalue weighted by Crippen LogP contribution is 2.34. The molecule has 6 rings (SSSR count). The number of fused-ring (bicyclic) bond motifs is 1. The Balaban J connectivity index is 1.27. The number of anilines is 5. The Morgan fingerprint density at radius 1 is 0.913 bits per heavy atom. The van der Waals surface area contributed by atoms with Crippen LogP contribution < -0.4 is 26.4 Å². The van der Waals surface area contributed by atoms with Crippen LogP contribution in [0.5, 0.6) is 0 Å². The van der Waals surface area contributed by atoms with Gasteiger partial charge in [-0.2, -0.15) is 0 Å². The quantitative estimate of drug-likeness (QED) is 0.200. The molecule has 0 bridgehead atoms. The third-order valence-electron chi connectivity index (χ3n) is 8.86. The number of rotatable bonds is 8. The van der Waals surface area contributed by atoms with Crippen LogP contribution in [0.3, 0.4) is 0 Å². The van der Waals surface area contributed by atoms with Gasteiger partial charge in [0.15, 0.2) is 0 Å². The maximum Gasteiger partial charge on any atom is 0.274 e. The fourth-order valence-electron chi connectivity index (χ4n) is 6.20. The van der Waals surface area contributed by atoms with E-state index in [2.05, 4.69) is 39.4 Å². The number of carbonyl (C=O) groups is 2. The van der Waals surface area contributed by atoms with Gasteiger partial charge < -0.3 is 30.3 Å². The molecule has 0 atom stereocenters. The summed E-state index contributed by atoms with van der Waals surface area (Å²) in [6, 6.07) is 15.4. The van der Waals surface area contributed by atoms with Crippen LogP contribution >= 0.6 is 11.3 Å². The summed E-state index contributed by atoms with van der Waals surface area (Å²) in [6.07, 6.45) is 7.51. The smallest absolute Gasteiger partial charge is 0.274 e. The zero-order chi connectivity index (χ0) is 32.4. The van der Waals surface area contributed by atoms with Gasteiger partial charge in [-0.05, 0) is 98.8 Å². The predicted molar refractivity (Wildman–Crippen MR) is 189 cm³/mol. The molecule has 2 aromatic heterocycles. The van der Waals surface area contributed by atoms with E-state index in [0.29, 0.717) is 17.1 Å². The molecule has 1 saturated heterocycles. The molecule has 3 N–H and O–H groups in total. The summed E-state index contributed by atoms with van der Waals surface area (Å²) in [5, 5.41) is 9.37. The first kappa shape index (κ1) is 31.3. The fourth-order valence-corrected chi connectivity index (χ4v) is 7.34. The number of benzene rings is 2. The number of aryl methyl sites for hydroxylation is 3. The van der Waals surface area contributed by atoms with Crippen molar-refractivity contribution in [3.63, 3.8) is 0 Å². The van der Waals surface area contributed by atoms with Crippen LogP contribution in [0, 0.1) is 6.92 Å². The van der Waals surface area contributed by atoms with Gasteiger partial charge in [-0.3, -0.25) is 14.4 Å². The van der Waals surface area contributed by atoms with E-state index in [1.807, 2.05) is 55.5 Å². The van der Waals surface area contributed by atoms with Gasteiger partial charge in [0, 0.05) is 61.2 Å². The SMILES string of the molecule is C=CC(=O)Nc1cc(Nc2cc(-c3cccc(NC(=O)c4cc5c(s4)CCCC5)c3C)cn(C)c2=O)ccc1N1CCN(C)CC1. The molecule has 0 spiro atoms. The average Bonchev–Trinajstić information content (AvgIpc) is 3.49. The summed E-state index contributed by atoms with van der Waals surface area (Å²) in [6.45, 7) is 9.13. The molecule has 238 valence electrons. The predicted octanol–water partition coefficient (Wildman–Crippen LogP) is 6.17. The molecule has 2 aliphatic rings. The summed E-state index contributed by atoms with van der Waals surface area (Å²) in [4.78, 5) is 45.5. The first-order chi connectivity index (χ1) is 22.2. The molecule has 4 aromatic rings. The van der Waals surface area contributed by atoms with Gasteiger partial charge in [0.2, 0.25) is 5.91 Å². The minimum Gasteiger partial charge on any atom is -0.367 e. The Morgan fingerprint density at radius 3 is 2.46 bits per heavy atom. The van der Waals surface area contributed by atoms with E-state index in [1.165, 1.54) is 29.4 Å². The van der Waals surface area contributed by atoms with Gasteiger partial charge in [-0.25, -0.2) is 0 Å². The number of thiophene rings is 1. The molecular weight excluding hydrogens is 597 g/mol. The topological polar surface area (TPSA) is 98.7 Å². The molecule has 10 heteroatoms. The number of nitrogens with zero attached hydrogens (tertiary/aromatic N) is 3. The van der Waals surface area contributed by atoms with Gasteiger partial charge in [0.1, 0.15) is 5.69 Å². The molecule has 46 heavy (non-hydrogen) atoms. The van der Waals surface area contributed by atoms with Crippen molar-refractivity contribution in [2.75, 3.05) is 54.1 Å². The minimum absolute atomic E-state index is 0.0955. The van der Waals surface area contributed by atoms with E-state index in [0.717, 1.165) is 72.0 Å². The first-order valence-corrected chi connectivity index (χ1v) is 16.5. The van der Waals surface area contributed by atoms with E-state index in [9.17, 15) is 14.4 Å². The Morgan fingerprint density at radius 2 is 1.70 bits per heavy atom. The molecular formula is C36H40N6O3S. The van der Waals surface area contributed by atoms with E-state index in [-0.39, 0.29) is 17.4 Å². The minimum atomic E-state index is -0.299. The van der Waals surface area contributed by atoms with E-state index in [4.69, 9.17) is 0 Å². The second kappa shape index (κ2) is 13.4. The third kappa shape index (κ3) is 6.63. The van der Waals surface area contributed by atoms with Crippen molar-refractivity contribution in [3.8, 4) is 11.1 Å². The standard InChI is InChI=1S/C36H40N6O3S/c1-5-34(43)38-29-21-26(13-14-31(29)42-17-15-40(3)16-18-42)37-30-19-25(22-41(4)36(30)45)27-10-8-11-28(23(27)2)39-35(44)33-20-24-9-6-7-12-32(24)46-33/h5,8,10-11,13-14,19-22,37H,1,6-7,9,12,15-18H2,2-4H3,(H,38,43)(H,39,44). The van der Waals surface area contributed by atoms with Gasteiger partial charge in [0.25, 0.3) is 11.5 Å². The van der Waals surface area contributed by atoms with Gasteiger partial charge in [0.05, 0.1) is 16.3 Å². The lowest BCUT2D eigenvalue weighted by Gasteiger charge is -2.35. The van der Waals surface area contributed by atoms with Crippen LogP contribution in [0.4, 0.5) is 28.4 Å². The Kier molecular flexibility index (Phi) is 9.10. The molecule has 2 amide bonds. The number of nitrogens with one attached hydrogen (secondary N) is 3. The van der Waals surface area contributed by atoms with Crippen LogP contribution in [0.1, 0.15) is 38.5 Å². The highest BCUT2D eigenvalue weighted by molar-refractivity contribution is 7.14. The van der Waals surface area contributed by atoms with E-state index in [1.54, 1.807) is 29.1 Å². The second-order valence-electron chi connectivity index (χ2n) is 12.1. The Hall–Kier alpha value is -4.67. The molecule has 3 heterocycles. The monoisotopic (exact) mass is 636 g/mol. The zero-order valence-corrected chi connectivity index (χ0v) is 27.4. The van der Waals surface area contributed by atoms with Crippen molar-refractivity contribution >= 4 is 51.6 Å². The Labute approximate surface area is 273 Å². The third-order valence-corrected chi connectivity index (χ3v) is 10.1. The molecule has 0 radical (unpaired) electrons. The Bertz CT molecular complexity index is 1840. The summed E-state index contributed by atoms with van der Waals surface area (Å²) < 4.78 is 1.55. The number of likely N-dealkylation sites (N-methyl/N-ethyl adjacent to an activating group) is 1. The van der Waals surface area contributed by atoms with Crippen molar-refractivity contribution < 1.29 is 9.59 Å². The maximum atomic E-state index is 13.3. The lowest BCUT2D eigenvalue weighted by molar-refractivity contribution is -0.111. The maximum absolute atomic E-state index is 13.3. The number of pyridine rings is 1. The van der Waals surface area contributed by atoms with Crippen LogP contribution in [0.15, 0.2) is 72.2 Å². The first-order valence-electron chi connectivity index (χ1n) is 15.7. The van der Waals surface area contributed by atoms with Crippen LogP contribution in [0.25, 0.3) is 11.1 Å². The van der Waals surface area contributed by atoms with Gasteiger partial charge in [-0.1, -0.05) is 18.7 Å². The van der Waals surface area contributed by atoms with E-state index < -0.39 is 0 Å². The largest absolute Gasteiger partial charge is 0.367 e.